The van der Waals surface area contributed by atoms with E-state index in [2.05, 4.69) is 4.98 Å². The summed E-state index contributed by atoms with van der Waals surface area (Å²) in [6.45, 7) is 6.22. The van der Waals surface area contributed by atoms with Gasteiger partial charge in [0.05, 0.1) is 16.4 Å². The lowest BCUT2D eigenvalue weighted by molar-refractivity contribution is -0.0118. The smallest absolute Gasteiger partial charge is 0.255 e. The lowest BCUT2D eigenvalue weighted by Gasteiger charge is -2.47. The highest BCUT2D eigenvalue weighted by Gasteiger charge is 2.51. The zero-order valence-corrected chi connectivity index (χ0v) is 15.6. The number of likely N-dealkylation sites (tertiary alicyclic amines) is 1. The predicted octanol–water partition coefficient (Wildman–Crippen LogP) is 2.53. The van der Waals surface area contributed by atoms with Crippen molar-refractivity contribution in [2.45, 2.75) is 37.0 Å². The number of pyridine rings is 1. The van der Waals surface area contributed by atoms with Gasteiger partial charge in [0, 0.05) is 50.6 Å². The second-order valence-corrected chi connectivity index (χ2v) is 9.05. The molecule has 3 aliphatic rings. The Morgan fingerprint density at radius 3 is 2.92 bits per heavy atom. The zero-order valence-electron chi connectivity index (χ0n) is 14.8. The molecule has 3 saturated heterocycles. The van der Waals surface area contributed by atoms with Crippen LogP contribution in [0.15, 0.2) is 18.3 Å². The van der Waals surface area contributed by atoms with E-state index in [1.807, 2.05) is 35.7 Å². The molecule has 0 N–H and O–H groups in total. The van der Waals surface area contributed by atoms with Crippen molar-refractivity contribution in [1.82, 2.24) is 9.88 Å². The van der Waals surface area contributed by atoms with E-state index < -0.39 is 0 Å². The molecule has 136 valence electrons. The van der Waals surface area contributed by atoms with E-state index in [4.69, 9.17) is 9.47 Å². The third-order valence-corrected chi connectivity index (χ3v) is 7.06. The molecule has 0 unspecified atom stereocenters. The lowest BCUT2D eigenvalue weighted by Crippen LogP contribution is -2.60. The van der Waals surface area contributed by atoms with Crippen molar-refractivity contribution in [2.24, 2.45) is 5.92 Å². The number of nitrogens with zero attached hydrogens (tertiary/aromatic N) is 2. The SMILES string of the molecule is Cc1ccc(C(=O)N2CC3(C[C@@H](OCC4CCOCC4)CS3)C2)cn1. The molecule has 0 bridgehead atoms. The van der Waals surface area contributed by atoms with Gasteiger partial charge in [-0.25, -0.2) is 0 Å². The van der Waals surface area contributed by atoms with Crippen LogP contribution in [0, 0.1) is 12.8 Å². The number of aryl methyl sites for hydroxylation is 1. The maximum atomic E-state index is 12.5. The standard InChI is InChI=1S/C19H26N2O3S/c1-14-2-3-16(9-20-14)18(22)21-12-19(13-21)8-17(11-25-19)24-10-15-4-6-23-7-5-15/h2-3,9,15,17H,4-8,10-13H2,1H3/t17-/m1/s1. The molecule has 0 radical (unpaired) electrons. The van der Waals surface area contributed by atoms with Gasteiger partial charge in [0.2, 0.25) is 0 Å². The summed E-state index contributed by atoms with van der Waals surface area (Å²) in [7, 11) is 0. The highest BCUT2D eigenvalue weighted by atomic mass is 32.2. The fourth-order valence-corrected chi connectivity index (χ4v) is 5.44. The van der Waals surface area contributed by atoms with Crippen LogP contribution in [0.3, 0.4) is 0 Å². The van der Waals surface area contributed by atoms with Crippen molar-refractivity contribution in [2.75, 3.05) is 38.7 Å². The maximum Gasteiger partial charge on any atom is 0.255 e. The summed E-state index contributed by atoms with van der Waals surface area (Å²) < 4.78 is 11.8. The van der Waals surface area contributed by atoms with Crippen LogP contribution in [-0.4, -0.2) is 65.3 Å². The average molecular weight is 362 g/mol. The molecule has 1 atom stereocenters. The minimum atomic E-state index is 0.102. The largest absolute Gasteiger partial charge is 0.381 e. The van der Waals surface area contributed by atoms with Crippen LogP contribution in [0.1, 0.15) is 35.3 Å². The van der Waals surface area contributed by atoms with E-state index in [1.54, 1.807) is 6.20 Å². The van der Waals surface area contributed by atoms with Gasteiger partial charge < -0.3 is 14.4 Å². The minimum absolute atomic E-state index is 0.102. The van der Waals surface area contributed by atoms with Crippen molar-refractivity contribution < 1.29 is 14.3 Å². The molecule has 1 aromatic heterocycles. The Labute approximate surface area is 153 Å². The first-order valence-corrected chi connectivity index (χ1v) is 10.2. The van der Waals surface area contributed by atoms with Crippen molar-refractivity contribution in [1.29, 1.82) is 0 Å². The molecule has 3 aliphatic heterocycles. The van der Waals surface area contributed by atoms with Crippen LogP contribution < -0.4 is 0 Å². The van der Waals surface area contributed by atoms with E-state index in [0.717, 1.165) is 63.6 Å². The molecule has 1 aromatic rings. The molecular weight excluding hydrogens is 336 g/mol. The monoisotopic (exact) mass is 362 g/mol. The van der Waals surface area contributed by atoms with E-state index in [1.165, 1.54) is 0 Å². The summed E-state index contributed by atoms with van der Waals surface area (Å²) in [5.74, 6) is 1.81. The molecule has 1 spiro atoms. The van der Waals surface area contributed by atoms with Crippen LogP contribution in [0.25, 0.3) is 0 Å². The summed E-state index contributed by atoms with van der Waals surface area (Å²) in [4.78, 5) is 18.7. The first-order valence-electron chi connectivity index (χ1n) is 9.19. The van der Waals surface area contributed by atoms with Crippen molar-refractivity contribution in [3.8, 4) is 0 Å². The third-order valence-electron chi connectivity index (χ3n) is 5.49. The van der Waals surface area contributed by atoms with E-state index in [0.29, 0.717) is 17.6 Å². The number of aromatic nitrogens is 1. The second kappa shape index (κ2) is 7.25. The molecule has 3 fully saturated rings. The molecule has 6 heteroatoms. The van der Waals surface area contributed by atoms with Gasteiger partial charge in [0.25, 0.3) is 5.91 Å². The second-order valence-electron chi connectivity index (χ2n) is 7.56. The molecule has 4 heterocycles. The first-order chi connectivity index (χ1) is 12.1. The fraction of sp³-hybridized carbons (Fsp3) is 0.684. The Balaban J connectivity index is 1.24. The lowest BCUT2D eigenvalue weighted by atomic mass is 9.92. The number of carbonyl (C=O) groups excluding carboxylic acids is 1. The molecule has 0 aliphatic carbocycles. The quantitative estimate of drug-likeness (QED) is 0.824. The van der Waals surface area contributed by atoms with Gasteiger partial charge in [-0.05, 0) is 44.2 Å². The number of hydrogen-bond donors (Lipinski definition) is 0. The summed E-state index contributed by atoms with van der Waals surface area (Å²) in [6, 6.07) is 3.77. The number of thioether (sulfide) groups is 1. The molecule has 1 amide bonds. The number of ether oxygens (including phenoxy) is 2. The minimum Gasteiger partial charge on any atom is -0.381 e. The molecule has 0 aromatic carbocycles. The van der Waals surface area contributed by atoms with Crippen LogP contribution in [0.5, 0.6) is 0 Å². The van der Waals surface area contributed by atoms with Gasteiger partial charge >= 0.3 is 0 Å². The number of carbonyl (C=O) groups is 1. The summed E-state index contributed by atoms with van der Waals surface area (Å²) in [6.07, 6.45) is 5.34. The van der Waals surface area contributed by atoms with Crippen LogP contribution in [0.4, 0.5) is 0 Å². The van der Waals surface area contributed by atoms with E-state index >= 15 is 0 Å². The Bertz CT molecular complexity index is 610. The van der Waals surface area contributed by atoms with Crippen molar-refractivity contribution in [3.05, 3.63) is 29.6 Å². The highest BCUT2D eigenvalue weighted by molar-refractivity contribution is 8.01. The van der Waals surface area contributed by atoms with Gasteiger partial charge in [-0.1, -0.05) is 0 Å². The van der Waals surface area contributed by atoms with Gasteiger partial charge in [0.1, 0.15) is 0 Å². The zero-order chi connectivity index (χ0) is 17.3. The van der Waals surface area contributed by atoms with Gasteiger partial charge in [0.15, 0.2) is 0 Å². The summed E-state index contributed by atoms with van der Waals surface area (Å²) in [5.41, 5.74) is 1.63. The molecule has 25 heavy (non-hydrogen) atoms. The Hall–Kier alpha value is -1.11. The third kappa shape index (κ3) is 3.86. The predicted molar refractivity (Wildman–Crippen MR) is 98.0 cm³/mol. The van der Waals surface area contributed by atoms with Crippen molar-refractivity contribution >= 4 is 17.7 Å². The van der Waals surface area contributed by atoms with Gasteiger partial charge in [-0.3, -0.25) is 9.78 Å². The number of rotatable bonds is 4. The van der Waals surface area contributed by atoms with E-state index in [9.17, 15) is 4.79 Å². The molecule has 4 rings (SSSR count). The Kier molecular flexibility index (Phi) is 5.02. The topological polar surface area (TPSA) is 51.7 Å². The van der Waals surface area contributed by atoms with Gasteiger partial charge in [-0.15, -0.1) is 11.8 Å². The van der Waals surface area contributed by atoms with E-state index in [-0.39, 0.29) is 10.7 Å². The van der Waals surface area contributed by atoms with Crippen molar-refractivity contribution in [3.63, 3.8) is 0 Å². The average Bonchev–Trinajstić information content (AvgIpc) is 3.04. The number of amides is 1. The van der Waals surface area contributed by atoms with Crippen LogP contribution >= 0.6 is 11.8 Å². The summed E-state index contributed by atoms with van der Waals surface area (Å²) >= 11 is 1.99. The van der Waals surface area contributed by atoms with Crippen LogP contribution in [-0.2, 0) is 9.47 Å². The number of hydrogen-bond acceptors (Lipinski definition) is 5. The highest BCUT2D eigenvalue weighted by Crippen LogP contribution is 2.46. The normalized spacial score (nSPS) is 26.0. The maximum absolute atomic E-state index is 12.5. The first kappa shape index (κ1) is 17.3. The Morgan fingerprint density at radius 1 is 1.40 bits per heavy atom. The van der Waals surface area contributed by atoms with Crippen LogP contribution in [0.2, 0.25) is 0 Å². The fourth-order valence-electron chi connectivity index (χ4n) is 3.89. The molecule has 5 nitrogen and oxygen atoms in total. The summed E-state index contributed by atoms with van der Waals surface area (Å²) in [5, 5.41) is 0. The molecule has 0 saturated carbocycles. The molecular formula is C19H26N2O3S. The van der Waals surface area contributed by atoms with Gasteiger partial charge in [-0.2, -0.15) is 0 Å². The Morgan fingerprint density at radius 2 is 2.20 bits per heavy atom.